The van der Waals surface area contributed by atoms with E-state index in [1.165, 1.54) is 11.5 Å². The molecule has 0 fully saturated rings. The topological polar surface area (TPSA) is 12.9 Å². The number of hydrogen-bond donors (Lipinski definition) is 0. The number of aromatic nitrogens is 1. The van der Waals surface area contributed by atoms with Gasteiger partial charge in [0.1, 0.15) is 0 Å². The number of hydrogen-bond acceptors (Lipinski definition) is 1. The lowest BCUT2D eigenvalue weighted by Crippen LogP contribution is -1.98. The number of rotatable bonds is 2. The van der Waals surface area contributed by atoms with Crippen molar-refractivity contribution in [3.8, 4) is 0 Å². The second kappa shape index (κ2) is 4.05. The van der Waals surface area contributed by atoms with Gasteiger partial charge in [-0.25, -0.2) is 0 Å². The first kappa shape index (κ1) is 8.95. The normalized spacial score (nSPS) is 10.4. The Morgan fingerprint density at radius 2 is 1.64 bits per heavy atom. The fourth-order valence-corrected chi connectivity index (χ4v) is 1.42. The van der Waals surface area contributed by atoms with E-state index in [4.69, 9.17) is 0 Å². The standard InChI is InChI=1S/C13H12N/c1-11(12-7-3-2-4-8-12)13-9-5-6-10-14-13/h2-10H,1H3. The van der Waals surface area contributed by atoms with Crippen LogP contribution in [0.1, 0.15) is 18.2 Å². The molecule has 1 aromatic carbocycles. The maximum absolute atomic E-state index is 4.32. The van der Waals surface area contributed by atoms with Crippen LogP contribution in [0.2, 0.25) is 0 Å². The highest BCUT2D eigenvalue weighted by Gasteiger charge is 2.08. The Bertz CT molecular complexity index is 341. The molecule has 0 atom stereocenters. The lowest BCUT2D eigenvalue weighted by molar-refractivity contribution is 1.09. The first-order valence-electron chi connectivity index (χ1n) is 4.68. The maximum Gasteiger partial charge on any atom is 0.0519 e. The molecule has 2 rings (SSSR count). The maximum atomic E-state index is 4.32. The third-order valence-electron chi connectivity index (χ3n) is 2.26. The summed E-state index contributed by atoms with van der Waals surface area (Å²) in [5.41, 5.74) is 2.27. The van der Waals surface area contributed by atoms with Crippen molar-refractivity contribution >= 4 is 0 Å². The molecule has 0 saturated heterocycles. The van der Waals surface area contributed by atoms with E-state index in [1.54, 1.807) is 0 Å². The molecule has 0 aliphatic carbocycles. The van der Waals surface area contributed by atoms with Crippen LogP contribution >= 0.6 is 0 Å². The fourth-order valence-electron chi connectivity index (χ4n) is 1.42. The molecule has 1 heterocycles. The van der Waals surface area contributed by atoms with Crippen LogP contribution < -0.4 is 0 Å². The van der Waals surface area contributed by atoms with Gasteiger partial charge in [0.25, 0.3) is 0 Å². The molecule has 0 unspecified atom stereocenters. The monoisotopic (exact) mass is 182 g/mol. The molecule has 1 nitrogen and oxygen atoms in total. The van der Waals surface area contributed by atoms with Crippen molar-refractivity contribution in [1.29, 1.82) is 0 Å². The van der Waals surface area contributed by atoms with Crippen LogP contribution in [-0.2, 0) is 0 Å². The average molecular weight is 182 g/mol. The Morgan fingerprint density at radius 1 is 0.929 bits per heavy atom. The third kappa shape index (κ3) is 1.82. The van der Waals surface area contributed by atoms with E-state index >= 15 is 0 Å². The summed E-state index contributed by atoms with van der Waals surface area (Å²) in [6.07, 6.45) is 1.82. The predicted molar refractivity (Wildman–Crippen MR) is 57.8 cm³/mol. The zero-order valence-electron chi connectivity index (χ0n) is 8.14. The van der Waals surface area contributed by atoms with E-state index in [-0.39, 0.29) is 0 Å². The van der Waals surface area contributed by atoms with E-state index in [1.807, 2.05) is 42.6 Å². The van der Waals surface area contributed by atoms with E-state index in [0.717, 1.165) is 5.69 Å². The van der Waals surface area contributed by atoms with Crippen LogP contribution in [0, 0.1) is 5.92 Å². The Kier molecular flexibility index (Phi) is 2.59. The smallest absolute Gasteiger partial charge is 0.0519 e. The first-order chi connectivity index (χ1) is 6.88. The molecule has 1 heteroatoms. The zero-order chi connectivity index (χ0) is 9.80. The molecule has 0 amide bonds. The molecule has 0 spiro atoms. The minimum atomic E-state index is 1.04. The number of pyridine rings is 1. The van der Waals surface area contributed by atoms with Gasteiger partial charge in [-0.1, -0.05) is 36.4 Å². The minimum Gasteiger partial charge on any atom is -0.260 e. The van der Waals surface area contributed by atoms with Gasteiger partial charge in [0.05, 0.1) is 5.69 Å². The van der Waals surface area contributed by atoms with Gasteiger partial charge in [-0.05, 0) is 24.6 Å². The quantitative estimate of drug-likeness (QED) is 0.695. The molecule has 0 saturated carbocycles. The van der Waals surface area contributed by atoms with Crippen molar-refractivity contribution in [3.05, 3.63) is 71.9 Å². The van der Waals surface area contributed by atoms with Gasteiger partial charge < -0.3 is 0 Å². The molecule has 0 bridgehead atoms. The summed E-state index contributed by atoms with van der Waals surface area (Å²) in [5.74, 6) is 1.21. The van der Waals surface area contributed by atoms with Gasteiger partial charge in [-0.2, -0.15) is 0 Å². The third-order valence-corrected chi connectivity index (χ3v) is 2.26. The molecule has 1 radical (unpaired) electrons. The van der Waals surface area contributed by atoms with Crippen LogP contribution in [0.15, 0.2) is 54.7 Å². The second-order valence-electron chi connectivity index (χ2n) is 3.21. The Hall–Kier alpha value is -1.63. The summed E-state index contributed by atoms with van der Waals surface area (Å²) in [7, 11) is 0. The van der Waals surface area contributed by atoms with Gasteiger partial charge in [0, 0.05) is 12.1 Å². The van der Waals surface area contributed by atoms with Gasteiger partial charge in [-0.15, -0.1) is 0 Å². The molecule has 1 aromatic heterocycles. The number of benzene rings is 1. The molecule has 0 N–H and O–H groups in total. The number of nitrogens with zero attached hydrogens (tertiary/aromatic N) is 1. The molecule has 69 valence electrons. The summed E-state index contributed by atoms with van der Waals surface area (Å²) < 4.78 is 0. The minimum absolute atomic E-state index is 1.04. The predicted octanol–water partition coefficient (Wildman–Crippen LogP) is 3.07. The van der Waals surface area contributed by atoms with Crippen molar-refractivity contribution in [2.24, 2.45) is 0 Å². The first-order valence-corrected chi connectivity index (χ1v) is 4.68. The molecule has 2 aromatic rings. The largest absolute Gasteiger partial charge is 0.260 e. The van der Waals surface area contributed by atoms with Crippen LogP contribution in [0.4, 0.5) is 0 Å². The lowest BCUT2D eigenvalue weighted by atomic mass is 9.97. The Labute approximate surface area is 84.4 Å². The molecule has 0 aliphatic heterocycles. The lowest BCUT2D eigenvalue weighted by Gasteiger charge is -2.09. The van der Waals surface area contributed by atoms with Crippen LogP contribution in [-0.4, -0.2) is 4.98 Å². The van der Waals surface area contributed by atoms with Gasteiger partial charge in [0.15, 0.2) is 0 Å². The summed E-state index contributed by atoms with van der Waals surface area (Å²) in [4.78, 5) is 4.32. The van der Waals surface area contributed by atoms with Crippen LogP contribution in [0.5, 0.6) is 0 Å². The summed E-state index contributed by atoms with van der Waals surface area (Å²) in [6, 6.07) is 16.3. The average Bonchev–Trinajstić information content (AvgIpc) is 2.30. The molecular weight excluding hydrogens is 170 g/mol. The second-order valence-corrected chi connectivity index (χ2v) is 3.21. The Balaban J connectivity index is 2.30. The van der Waals surface area contributed by atoms with Crippen molar-refractivity contribution in [3.63, 3.8) is 0 Å². The van der Waals surface area contributed by atoms with Crippen molar-refractivity contribution in [2.75, 3.05) is 0 Å². The molecular formula is C13H12N. The van der Waals surface area contributed by atoms with E-state index in [9.17, 15) is 0 Å². The van der Waals surface area contributed by atoms with Crippen molar-refractivity contribution in [2.45, 2.75) is 6.92 Å². The van der Waals surface area contributed by atoms with Gasteiger partial charge >= 0.3 is 0 Å². The SMILES string of the molecule is C[C](c1ccccc1)c1ccccn1. The molecule has 0 aliphatic rings. The highest BCUT2D eigenvalue weighted by molar-refractivity contribution is 5.40. The highest BCUT2D eigenvalue weighted by atomic mass is 14.7. The van der Waals surface area contributed by atoms with Gasteiger partial charge in [-0.3, -0.25) is 4.98 Å². The van der Waals surface area contributed by atoms with Crippen LogP contribution in [0.25, 0.3) is 0 Å². The molecule has 14 heavy (non-hydrogen) atoms. The van der Waals surface area contributed by atoms with E-state index in [0.29, 0.717) is 0 Å². The van der Waals surface area contributed by atoms with Crippen molar-refractivity contribution in [1.82, 2.24) is 4.98 Å². The fraction of sp³-hybridized carbons (Fsp3) is 0.0769. The highest BCUT2D eigenvalue weighted by Crippen LogP contribution is 2.19. The summed E-state index contributed by atoms with van der Waals surface area (Å²) in [5, 5.41) is 0. The van der Waals surface area contributed by atoms with Crippen LogP contribution in [0.3, 0.4) is 0 Å². The van der Waals surface area contributed by atoms with Gasteiger partial charge in [0.2, 0.25) is 0 Å². The zero-order valence-corrected chi connectivity index (χ0v) is 8.14. The summed E-state index contributed by atoms with van der Waals surface area (Å²) in [6.45, 7) is 2.09. The van der Waals surface area contributed by atoms with Crippen molar-refractivity contribution < 1.29 is 0 Å². The summed E-state index contributed by atoms with van der Waals surface area (Å²) >= 11 is 0. The Morgan fingerprint density at radius 3 is 2.29 bits per heavy atom. The van der Waals surface area contributed by atoms with E-state index in [2.05, 4.69) is 24.0 Å². The van der Waals surface area contributed by atoms with E-state index < -0.39 is 0 Å².